The predicted molar refractivity (Wildman–Crippen MR) is 138 cm³/mol. The molecule has 0 unspecified atom stereocenters. The molecule has 3 aromatic rings. The highest BCUT2D eigenvalue weighted by Gasteiger charge is 2.15. The zero-order valence-corrected chi connectivity index (χ0v) is 21.8. The Hall–Kier alpha value is -1.93. The minimum atomic E-state index is -0.130. The summed E-state index contributed by atoms with van der Waals surface area (Å²) in [6.45, 7) is 3.99. The van der Waals surface area contributed by atoms with Crippen molar-refractivity contribution in [1.82, 2.24) is 15.5 Å². The molecule has 1 aromatic carbocycles. The van der Waals surface area contributed by atoms with E-state index in [1.807, 2.05) is 23.6 Å². The van der Waals surface area contributed by atoms with Crippen LogP contribution in [-0.2, 0) is 16.1 Å². The molecule has 9 heteroatoms. The SMILES string of the molecule is CCCCCCCCOC(=O)CCCNCc1cc(-c2noc(-c3sccc3Cl)n2)ccc1Cl. The number of benzene rings is 1. The molecule has 2 heterocycles. The molecular weight excluding hydrogens is 493 g/mol. The summed E-state index contributed by atoms with van der Waals surface area (Å²) in [7, 11) is 0. The lowest BCUT2D eigenvalue weighted by Crippen LogP contribution is -2.17. The molecule has 2 aromatic heterocycles. The van der Waals surface area contributed by atoms with Crippen LogP contribution < -0.4 is 5.32 Å². The summed E-state index contributed by atoms with van der Waals surface area (Å²) in [4.78, 5) is 17.1. The number of halogens is 2. The Morgan fingerprint density at radius 2 is 1.91 bits per heavy atom. The van der Waals surface area contributed by atoms with E-state index in [0.29, 0.717) is 54.3 Å². The third-order valence-corrected chi connectivity index (χ3v) is 7.05. The first-order valence-corrected chi connectivity index (χ1v) is 13.4. The lowest BCUT2D eigenvalue weighted by Gasteiger charge is -2.08. The Bertz CT molecular complexity index is 1040. The second-order valence-electron chi connectivity index (χ2n) is 8.10. The number of hydrogen-bond acceptors (Lipinski definition) is 7. The number of hydrogen-bond donors (Lipinski definition) is 1. The van der Waals surface area contributed by atoms with Crippen LogP contribution in [-0.4, -0.2) is 29.3 Å². The molecule has 0 aliphatic carbocycles. The molecule has 0 radical (unpaired) electrons. The van der Waals surface area contributed by atoms with Crippen LogP contribution in [0.4, 0.5) is 0 Å². The van der Waals surface area contributed by atoms with Gasteiger partial charge in [0.15, 0.2) is 0 Å². The zero-order chi connectivity index (χ0) is 24.2. The van der Waals surface area contributed by atoms with Gasteiger partial charge in [-0.3, -0.25) is 4.79 Å². The number of unbranched alkanes of at least 4 members (excludes halogenated alkanes) is 5. The van der Waals surface area contributed by atoms with Crippen molar-refractivity contribution in [3.8, 4) is 22.2 Å². The normalized spacial score (nSPS) is 11.1. The lowest BCUT2D eigenvalue weighted by atomic mass is 10.1. The maximum Gasteiger partial charge on any atom is 0.305 e. The minimum absolute atomic E-state index is 0.130. The molecular formula is C25H31Cl2N3O3S. The van der Waals surface area contributed by atoms with E-state index in [0.717, 1.165) is 28.8 Å². The van der Waals surface area contributed by atoms with Gasteiger partial charge in [-0.25, -0.2) is 0 Å². The van der Waals surface area contributed by atoms with E-state index in [1.54, 1.807) is 6.07 Å². The molecule has 34 heavy (non-hydrogen) atoms. The highest BCUT2D eigenvalue weighted by Crippen LogP contribution is 2.33. The number of rotatable bonds is 15. The fourth-order valence-corrected chi connectivity index (χ4v) is 4.69. The van der Waals surface area contributed by atoms with Gasteiger partial charge in [-0.05, 0) is 54.6 Å². The summed E-state index contributed by atoms with van der Waals surface area (Å²) in [5.74, 6) is 0.743. The summed E-state index contributed by atoms with van der Waals surface area (Å²) in [5.41, 5.74) is 1.73. The molecule has 0 saturated heterocycles. The van der Waals surface area contributed by atoms with Gasteiger partial charge in [0.05, 0.1) is 11.6 Å². The van der Waals surface area contributed by atoms with Crippen LogP contribution in [0.15, 0.2) is 34.2 Å². The topological polar surface area (TPSA) is 77.2 Å². The standard InChI is InChI=1S/C25H31Cl2N3O3S/c1-2-3-4-5-6-7-14-32-22(31)9-8-13-28-17-19-16-18(10-11-20(19)26)24-29-25(33-30-24)23-21(27)12-15-34-23/h10-12,15-16,28H,2-9,13-14,17H2,1H3. The van der Waals surface area contributed by atoms with E-state index < -0.39 is 0 Å². The average Bonchev–Trinajstić information content (AvgIpc) is 3.48. The molecule has 0 amide bonds. The van der Waals surface area contributed by atoms with Gasteiger partial charge in [-0.1, -0.05) is 67.4 Å². The fourth-order valence-electron chi connectivity index (χ4n) is 3.45. The third kappa shape index (κ3) is 8.38. The summed E-state index contributed by atoms with van der Waals surface area (Å²) >= 11 is 14.0. The fraction of sp³-hybridized carbons (Fsp3) is 0.480. The average molecular weight is 525 g/mol. The van der Waals surface area contributed by atoms with Gasteiger partial charge in [0.1, 0.15) is 4.88 Å². The van der Waals surface area contributed by atoms with Crippen molar-refractivity contribution >= 4 is 40.5 Å². The number of esters is 1. The first-order chi connectivity index (χ1) is 16.6. The Morgan fingerprint density at radius 3 is 2.71 bits per heavy atom. The van der Waals surface area contributed by atoms with Crippen LogP contribution >= 0.6 is 34.5 Å². The number of thiophene rings is 1. The van der Waals surface area contributed by atoms with Crippen molar-refractivity contribution in [2.24, 2.45) is 0 Å². The molecule has 0 bridgehead atoms. The molecule has 6 nitrogen and oxygen atoms in total. The van der Waals surface area contributed by atoms with Gasteiger partial charge in [0, 0.05) is 23.6 Å². The van der Waals surface area contributed by atoms with Crippen LogP contribution in [0.5, 0.6) is 0 Å². The predicted octanol–water partition coefficient (Wildman–Crippen LogP) is 7.55. The molecule has 0 aliphatic heterocycles. The van der Waals surface area contributed by atoms with Crippen molar-refractivity contribution in [1.29, 1.82) is 0 Å². The Balaban J connectivity index is 1.38. The van der Waals surface area contributed by atoms with Crippen LogP contribution in [0.1, 0.15) is 63.9 Å². The second-order valence-corrected chi connectivity index (χ2v) is 9.83. The highest BCUT2D eigenvalue weighted by molar-refractivity contribution is 7.14. The van der Waals surface area contributed by atoms with E-state index in [1.165, 1.54) is 37.0 Å². The van der Waals surface area contributed by atoms with Gasteiger partial charge < -0.3 is 14.6 Å². The van der Waals surface area contributed by atoms with Crippen LogP contribution in [0.3, 0.4) is 0 Å². The van der Waals surface area contributed by atoms with Crippen molar-refractivity contribution in [3.63, 3.8) is 0 Å². The minimum Gasteiger partial charge on any atom is -0.466 e. The largest absolute Gasteiger partial charge is 0.466 e. The number of nitrogens with one attached hydrogen (secondary N) is 1. The quantitative estimate of drug-likeness (QED) is 0.163. The summed E-state index contributed by atoms with van der Waals surface area (Å²) in [6.07, 6.45) is 8.21. The van der Waals surface area contributed by atoms with Crippen molar-refractivity contribution in [2.75, 3.05) is 13.2 Å². The number of nitrogens with zero attached hydrogens (tertiary/aromatic N) is 2. The Morgan fingerprint density at radius 1 is 1.09 bits per heavy atom. The van der Waals surface area contributed by atoms with Crippen molar-refractivity contribution in [2.45, 2.75) is 64.8 Å². The van der Waals surface area contributed by atoms with Crippen LogP contribution in [0.25, 0.3) is 22.2 Å². The van der Waals surface area contributed by atoms with E-state index in [-0.39, 0.29) is 5.97 Å². The van der Waals surface area contributed by atoms with Gasteiger partial charge in [-0.15, -0.1) is 11.3 Å². The number of aromatic nitrogens is 2. The highest BCUT2D eigenvalue weighted by atomic mass is 35.5. The van der Waals surface area contributed by atoms with E-state index in [4.69, 9.17) is 32.5 Å². The van der Waals surface area contributed by atoms with Crippen LogP contribution in [0.2, 0.25) is 10.0 Å². The van der Waals surface area contributed by atoms with Crippen molar-refractivity contribution < 1.29 is 14.1 Å². The number of ether oxygens (including phenoxy) is 1. The molecule has 0 aliphatic rings. The third-order valence-electron chi connectivity index (χ3n) is 5.35. The maximum atomic E-state index is 11.9. The van der Waals surface area contributed by atoms with E-state index in [2.05, 4.69) is 22.4 Å². The number of carbonyl (C=O) groups is 1. The van der Waals surface area contributed by atoms with E-state index >= 15 is 0 Å². The van der Waals surface area contributed by atoms with E-state index in [9.17, 15) is 4.79 Å². The molecule has 0 saturated carbocycles. The summed E-state index contributed by atoms with van der Waals surface area (Å²) in [6, 6.07) is 7.42. The monoisotopic (exact) mass is 523 g/mol. The second kappa shape index (κ2) is 14.5. The van der Waals surface area contributed by atoms with Gasteiger partial charge >= 0.3 is 5.97 Å². The first kappa shape index (κ1) is 26.7. The van der Waals surface area contributed by atoms with Gasteiger partial charge in [0.25, 0.3) is 5.89 Å². The Labute approximate surface area is 215 Å². The lowest BCUT2D eigenvalue weighted by molar-refractivity contribution is -0.143. The zero-order valence-electron chi connectivity index (χ0n) is 19.4. The molecule has 0 fully saturated rings. The smallest absolute Gasteiger partial charge is 0.305 e. The maximum absolute atomic E-state index is 11.9. The molecule has 0 atom stereocenters. The first-order valence-electron chi connectivity index (χ1n) is 11.8. The molecule has 184 valence electrons. The van der Waals surface area contributed by atoms with Crippen molar-refractivity contribution in [3.05, 3.63) is 45.3 Å². The summed E-state index contributed by atoms with van der Waals surface area (Å²) < 4.78 is 10.7. The molecule has 0 spiro atoms. The van der Waals surface area contributed by atoms with Gasteiger partial charge in [0.2, 0.25) is 5.82 Å². The molecule has 3 rings (SSSR count). The van der Waals surface area contributed by atoms with Crippen LogP contribution in [0, 0.1) is 0 Å². The summed E-state index contributed by atoms with van der Waals surface area (Å²) in [5, 5.41) is 10.5. The Kier molecular flexibility index (Phi) is 11.3. The van der Waals surface area contributed by atoms with Gasteiger partial charge in [-0.2, -0.15) is 4.98 Å². The molecule has 1 N–H and O–H groups in total. The number of carbonyl (C=O) groups excluding carboxylic acids is 1.